The van der Waals surface area contributed by atoms with Crippen LogP contribution < -0.4 is 10.6 Å². The molecule has 2 rings (SSSR count). The van der Waals surface area contributed by atoms with E-state index in [1.165, 1.54) is 0 Å². The molecule has 24 heavy (non-hydrogen) atoms. The predicted octanol–water partition coefficient (Wildman–Crippen LogP) is 4.00. The molecular formula is C18H21BrN2O3. The van der Waals surface area contributed by atoms with Crippen molar-refractivity contribution >= 4 is 33.4 Å². The highest BCUT2D eigenvalue weighted by atomic mass is 79.9. The number of nitrogens with one attached hydrogen (secondary N) is 2. The highest BCUT2D eigenvalue weighted by molar-refractivity contribution is 9.10. The Labute approximate surface area is 149 Å². The van der Waals surface area contributed by atoms with Gasteiger partial charge in [0.2, 0.25) is 5.91 Å². The molecule has 0 aliphatic heterocycles. The van der Waals surface area contributed by atoms with Crippen LogP contribution in [0, 0.1) is 5.92 Å². The molecule has 1 aromatic heterocycles. The first-order valence-corrected chi connectivity index (χ1v) is 8.59. The number of carbonyl (C=O) groups excluding carboxylic acids is 2. The fourth-order valence-corrected chi connectivity index (χ4v) is 2.30. The van der Waals surface area contributed by atoms with Crippen molar-refractivity contribution in [3.8, 4) is 0 Å². The molecule has 1 atom stereocenters. The van der Waals surface area contributed by atoms with Crippen LogP contribution in [0.4, 0.5) is 5.69 Å². The molecule has 1 aromatic carbocycles. The number of hydrogen-bond donors (Lipinski definition) is 2. The lowest BCUT2D eigenvalue weighted by Crippen LogP contribution is -2.37. The van der Waals surface area contributed by atoms with Gasteiger partial charge in [0.15, 0.2) is 10.4 Å². The number of carbonyl (C=O) groups is 2. The number of benzene rings is 1. The van der Waals surface area contributed by atoms with Crippen LogP contribution in [0.5, 0.6) is 0 Å². The second kappa shape index (κ2) is 8.15. The van der Waals surface area contributed by atoms with E-state index in [4.69, 9.17) is 4.42 Å². The number of furan rings is 1. The standard InChI is InChI=1S/C18H21BrN2O3/c1-11(2)12(3)20-17(22)10-13-4-6-14(7-5-13)21-18(23)15-8-9-16(19)24-15/h4-9,11-12H,10H2,1-3H3,(H,20,22)(H,21,23). The zero-order valence-electron chi connectivity index (χ0n) is 13.9. The van der Waals surface area contributed by atoms with Crippen molar-refractivity contribution in [2.45, 2.75) is 33.2 Å². The minimum absolute atomic E-state index is 0.00609. The van der Waals surface area contributed by atoms with Crippen LogP contribution >= 0.6 is 15.9 Å². The molecule has 2 amide bonds. The average molecular weight is 393 g/mol. The number of halogens is 1. The van der Waals surface area contributed by atoms with E-state index in [1.807, 2.05) is 19.1 Å². The Morgan fingerprint density at radius 1 is 1.08 bits per heavy atom. The van der Waals surface area contributed by atoms with Gasteiger partial charge in [-0.2, -0.15) is 0 Å². The molecule has 1 heterocycles. The molecule has 128 valence electrons. The first kappa shape index (κ1) is 18.3. The highest BCUT2D eigenvalue weighted by Gasteiger charge is 2.12. The first-order valence-electron chi connectivity index (χ1n) is 7.80. The lowest BCUT2D eigenvalue weighted by molar-refractivity contribution is -0.121. The topological polar surface area (TPSA) is 71.3 Å². The Bertz CT molecular complexity index is 707. The molecule has 0 bridgehead atoms. The van der Waals surface area contributed by atoms with E-state index >= 15 is 0 Å². The summed E-state index contributed by atoms with van der Waals surface area (Å²) in [4.78, 5) is 24.0. The van der Waals surface area contributed by atoms with Crippen molar-refractivity contribution in [2.24, 2.45) is 5.92 Å². The Kier molecular flexibility index (Phi) is 6.20. The van der Waals surface area contributed by atoms with Crippen LogP contribution in [0.15, 0.2) is 45.5 Å². The van der Waals surface area contributed by atoms with E-state index in [1.54, 1.807) is 24.3 Å². The number of hydrogen-bond acceptors (Lipinski definition) is 3. The Balaban J connectivity index is 1.91. The van der Waals surface area contributed by atoms with E-state index in [-0.39, 0.29) is 23.6 Å². The maximum atomic E-state index is 12.0. The van der Waals surface area contributed by atoms with Crippen LogP contribution in [-0.4, -0.2) is 17.9 Å². The summed E-state index contributed by atoms with van der Waals surface area (Å²) in [6, 6.07) is 10.6. The smallest absolute Gasteiger partial charge is 0.291 e. The summed E-state index contributed by atoms with van der Waals surface area (Å²) in [5, 5.41) is 5.72. The second-order valence-corrected chi connectivity index (χ2v) is 6.81. The maximum Gasteiger partial charge on any atom is 0.291 e. The molecular weight excluding hydrogens is 372 g/mol. The Hall–Kier alpha value is -2.08. The minimum atomic E-state index is -0.322. The fraction of sp³-hybridized carbons (Fsp3) is 0.333. The van der Waals surface area contributed by atoms with Crippen molar-refractivity contribution in [3.05, 3.63) is 52.4 Å². The lowest BCUT2D eigenvalue weighted by atomic mass is 10.1. The molecule has 6 heteroatoms. The molecule has 2 aromatic rings. The molecule has 0 radical (unpaired) electrons. The number of anilines is 1. The van der Waals surface area contributed by atoms with Crippen LogP contribution in [-0.2, 0) is 11.2 Å². The summed E-state index contributed by atoms with van der Waals surface area (Å²) in [7, 11) is 0. The average Bonchev–Trinajstić information content (AvgIpc) is 2.95. The quantitative estimate of drug-likeness (QED) is 0.780. The normalized spacial score (nSPS) is 12.0. The van der Waals surface area contributed by atoms with Crippen molar-refractivity contribution in [3.63, 3.8) is 0 Å². The van der Waals surface area contributed by atoms with Gasteiger partial charge >= 0.3 is 0 Å². The van der Waals surface area contributed by atoms with Crippen LogP contribution in [0.2, 0.25) is 0 Å². The third-order valence-electron chi connectivity index (χ3n) is 3.76. The van der Waals surface area contributed by atoms with E-state index < -0.39 is 0 Å². The zero-order valence-corrected chi connectivity index (χ0v) is 15.5. The SMILES string of the molecule is CC(C)C(C)NC(=O)Cc1ccc(NC(=O)c2ccc(Br)o2)cc1. The molecule has 0 saturated heterocycles. The number of rotatable bonds is 6. The lowest BCUT2D eigenvalue weighted by Gasteiger charge is -2.17. The summed E-state index contributed by atoms with van der Waals surface area (Å²) in [5.74, 6) is 0.298. The van der Waals surface area contributed by atoms with E-state index in [9.17, 15) is 9.59 Å². The van der Waals surface area contributed by atoms with E-state index in [0.29, 0.717) is 22.7 Å². The van der Waals surface area contributed by atoms with Gasteiger partial charge in [-0.05, 0) is 58.6 Å². The first-order chi connectivity index (χ1) is 11.3. The summed E-state index contributed by atoms with van der Waals surface area (Å²) < 4.78 is 5.71. The highest BCUT2D eigenvalue weighted by Crippen LogP contribution is 2.16. The largest absolute Gasteiger partial charge is 0.444 e. The zero-order chi connectivity index (χ0) is 17.7. The van der Waals surface area contributed by atoms with Gasteiger partial charge in [0.25, 0.3) is 5.91 Å². The number of amides is 2. The van der Waals surface area contributed by atoms with Crippen molar-refractivity contribution in [1.82, 2.24) is 5.32 Å². The van der Waals surface area contributed by atoms with E-state index in [2.05, 4.69) is 40.4 Å². The second-order valence-electron chi connectivity index (χ2n) is 6.03. The van der Waals surface area contributed by atoms with Gasteiger partial charge in [0, 0.05) is 11.7 Å². The molecule has 0 aliphatic carbocycles. The molecule has 1 unspecified atom stereocenters. The summed E-state index contributed by atoms with van der Waals surface area (Å²) >= 11 is 3.16. The van der Waals surface area contributed by atoms with Gasteiger partial charge in [-0.25, -0.2) is 0 Å². The molecule has 0 saturated carbocycles. The van der Waals surface area contributed by atoms with Gasteiger partial charge < -0.3 is 15.1 Å². The van der Waals surface area contributed by atoms with Gasteiger partial charge in [0.1, 0.15) is 0 Å². The third kappa shape index (κ3) is 5.23. The minimum Gasteiger partial charge on any atom is -0.444 e. The van der Waals surface area contributed by atoms with Gasteiger partial charge in [0.05, 0.1) is 6.42 Å². The molecule has 0 spiro atoms. The third-order valence-corrected chi connectivity index (χ3v) is 4.19. The molecule has 0 aliphatic rings. The van der Waals surface area contributed by atoms with Crippen molar-refractivity contribution in [2.75, 3.05) is 5.32 Å². The molecule has 0 fully saturated rings. The van der Waals surface area contributed by atoms with E-state index in [0.717, 1.165) is 5.56 Å². The summed E-state index contributed by atoms with van der Waals surface area (Å²) in [6.45, 7) is 6.13. The van der Waals surface area contributed by atoms with Crippen LogP contribution in [0.25, 0.3) is 0 Å². The molecule has 5 nitrogen and oxygen atoms in total. The van der Waals surface area contributed by atoms with Crippen molar-refractivity contribution in [1.29, 1.82) is 0 Å². The maximum absolute atomic E-state index is 12.0. The van der Waals surface area contributed by atoms with Crippen LogP contribution in [0.3, 0.4) is 0 Å². The monoisotopic (exact) mass is 392 g/mol. The summed E-state index contributed by atoms with van der Waals surface area (Å²) in [6.07, 6.45) is 0.316. The van der Waals surface area contributed by atoms with Gasteiger partial charge in [-0.3, -0.25) is 9.59 Å². The predicted molar refractivity (Wildman–Crippen MR) is 96.9 cm³/mol. The van der Waals surface area contributed by atoms with Crippen LogP contribution in [0.1, 0.15) is 36.9 Å². The fourth-order valence-electron chi connectivity index (χ4n) is 1.99. The van der Waals surface area contributed by atoms with Gasteiger partial charge in [-0.15, -0.1) is 0 Å². The van der Waals surface area contributed by atoms with Gasteiger partial charge in [-0.1, -0.05) is 26.0 Å². The molecule has 2 N–H and O–H groups in total. The Morgan fingerprint density at radius 2 is 1.75 bits per heavy atom. The summed E-state index contributed by atoms with van der Waals surface area (Å²) in [5.41, 5.74) is 1.54. The van der Waals surface area contributed by atoms with Crippen molar-refractivity contribution < 1.29 is 14.0 Å². The Morgan fingerprint density at radius 3 is 2.29 bits per heavy atom.